The quantitative estimate of drug-likeness (QED) is 0.265. The average molecular weight is 511 g/mol. The predicted octanol–water partition coefficient (Wildman–Crippen LogP) is 5.15. The Hall–Kier alpha value is -1.82. The Morgan fingerprint density at radius 1 is 0.769 bits per heavy atom. The van der Waals surface area contributed by atoms with Gasteiger partial charge in [0.15, 0.2) is 3.83 Å². The maximum absolute atomic E-state index is 5.92. The van der Waals surface area contributed by atoms with Gasteiger partial charge in [0, 0.05) is 45.7 Å². The first-order valence-corrected chi connectivity index (χ1v) is 10.5. The van der Waals surface area contributed by atoms with Crippen LogP contribution in [0.5, 0.6) is 0 Å². The van der Waals surface area contributed by atoms with Crippen molar-refractivity contribution < 1.29 is 0 Å². The fourth-order valence-electron chi connectivity index (χ4n) is 2.73. The summed E-state index contributed by atoms with van der Waals surface area (Å²) < 4.78 is 13.1. The molecule has 0 atom stereocenters. The molecule has 0 aliphatic rings. The number of halogens is 2. The minimum absolute atomic E-state index is 0.480. The molecule has 0 radical (unpaired) electrons. The summed E-state index contributed by atoms with van der Waals surface area (Å²) in [5.74, 6) is 0. The Morgan fingerprint density at radius 2 is 1.31 bits per heavy atom. The molecule has 2 aromatic carbocycles. The topological polar surface area (TPSA) is 60.4 Å². The molecule has 4 aromatic heterocycles. The molecule has 0 saturated carbocycles. The van der Waals surface area contributed by atoms with Gasteiger partial charge in [-0.05, 0) is 35.9 Å². The molecule has 0 bridgehead atoms. The lowest BCUT2D eigenvalue weighted by atomic mass is 10.3. The third-order valence-electron chi connectivity index (χ3n) is 3.83. The molecule has 26 heavy (non-hydrogen) atoms. The van der Waals surface area contributed by atoms with Gasteiger partial charge < -0.3 is 0 Å². The molecule has 128 valence electrons. The van der Waals surface area contributed by atoms with Gasteiger partial charge in [-0.3, -0.25) is 8.80 Å². The van der Waals surface area contributed by atoms with Crippen molar-refractivity contribution >= 4 is 89.2 Å². The van der Waals surface area contributed by atoms with Gasteiger partial charge in [-0.1, -0.05) is 24.3 Å². The van der Waals surface area contributed by atoms with Gasteiger partial charge in [0.25, 0.3) is 0 Å². The van der Waals surface area contributed by atoms with Gasteiger partial charge in [-0.25, -0.2) is 9.97 Å². The Labute approximate surface area is 173 Å². The van der Waals surface area contributed by atoms with Gasteiger partial charge in [0.2, 0.25) is 15.2 Å². The SMILES string of the molecule is Clc1nsc2nc3ccccc3n12.Ic1nsc2nc3ccccc3n12. The van der Waals surface area contributed by atoms with Crippen LogP contribution in [-0.2, 0) is 0 Å². The maximum Gasteiger partial charge on any atom is 0.221 e. The zero-order valence-corrected chi connectivity index (χ0v) is 17.4. The highest BCUT2D eigenvalue weighted by Crippen LogP contribution is 2.23. The molecular weight excluding hydrogens is 503 g/mol. The third-order valence-corrected chi connectivity index (χ3v) is 6.64. The average Bonchev–Trinajstić information content (AvgIpc) is 3.38. The van der Waals surface area contributed by atoms with E-state index in [-0.39, 0.29) is 0 Å². The monoisotopic (exact) mass is 510 g/mol. The summed E-state index contributed by atoms with van der Waals surface area (Å²) >= 11 is 10.9. The molecule has 0 fully saturated rings. The van der Waals surface area contributed by atoms with E-state index in [1.807, 2.05) is 46.9 Å². The van der Waals surface area contributed by atoms with E-state index in [0.717, 1.165) is 35.8 Å². The Balaban J connectivity index is 0.000000115. The van der Waals surface area contributed by atoms with Crippen molar-refractivity contribution in [1.82, 2.24) is 27.5 Å². The van der Waals surface area contributed by atoms with E-state index in [1.54, 1.807) is 0 Å². The summed E-state index contributed by atoms with van der Waals surface area (Å²) in [4.78, 5) is 10.6. The summed E-state index contributed by atoms with van der Waals surface area (Å²) in [5, 5.41) is 0.480. The first-order chi connectivity index (χ1) is 12.7. The smallest absolute Gasteiger partial charge is 0.221 e. The number of benzene rings is 2. The van der Waals surface area contributed by atoms with E-state index in [0.29, 0.717) is 5.28 Å². The zero-order valence-electron chi connectivity index (χ0n) is 12.9. The second-order valence-corrected chi connectivity index (χ2v) is 8.10. The Morgan fingerprint density at radius 3 is 2.00 bits per heavy atom. The lowest BCUT2D eigenvalue weighted by molar-refractivity contribution is 1.16. The largest absolute Gasteiger partial charge is 0.261 e. The third kappa shape index (κ3) is 2.57. The molecule has 0 N–H and O–H groups in total. The summed E-state index contributed by atoms with van der Waals surface area (Å²) in [6.07, 6.45) is 0. The first kappa shape index (κ1) is 16.4. The number of rotatable bonds is 0. The van der Waals surface area contributed by atoms with E-state index < -0.39 is 0 Å². The Kier molecular flexibility index (Phi) is 4.03. The number of para-hydroxylation sites is 4. The second kappa shape index (κ2) is 6.41. The van der Waals surface area contributed by atoms with Crippen molar-refractivity contribution in [2.75, 3.05) is 0 Å². The van der Waals surface area contributed by atoms with Crippen LogP contribution < -0.4 is 0 Å². The second-order valence-electron chi connectivity index (χ2n) is 5.34. The van der Waals surface area contributed by atoms with Crippen LogP contribution in [0.3, 0.4) is 0 Å². The van der Waals surface area contributed by atoms with Crippen LogP contribution in [0.1, 0.15) is 0 Å². The zero-order chi connectivity index (χ0) is 17.7. The van der Waals surface area contributed by atoms with Crippen molar-refractivity contribution in [2.45, 2.75) is 0 Å². The van der Waals surface area contributed by atoms with Crippen molar-refractivity contribution in [2.24, 2.45) is 0 Å². The molecular formula is C16H8ClIN6S2. The molecule has 0 spiro atoms. The summed E-state index contributed by atoms with van der Waals surface area (Å²) in [7, 11) is 0. The highest BCUT2D eigenvalue weighted by molar-refractivity contribution is 14.1. The fraction of sp³-hybridized carbons (Fsp3) is 0. The molecule has 0 saturated heterocycles. The highest BCUT2D eigenvalue weighted by Gasteiger charge is 2.09. The van der Waals surface area contributed by atoms with Crippen LogP contribution in [0.4, 0.5) is 0 Å². The fourth-order valence-corrected chi connectivity index (χ4v) is 5.29. The number of imidazole rings is 2. The molecule has 0 amide bonds. The van der Waals surface area contributed by atoms with Crippen molar-refractivity contribution in [1.29, 1.82) is 0 Å². The minimum Gasteiger partial charge on any atom is -0.261 e. The van der Waals surface area contributed by atoms with Crippen LogP contribution in [0.2, 0.25) is 5.28 Å². The molecule has 4 heterocycles. The predicted molar refractivity (Wildman–Crippen MR) is 114 cm³/mol. The van der Waals surface area contributed by atoms with Crippen molar-refractivity contribution in [3.05, 3.63) is 57.6 Å². The molecule has 10 heteroatoms. The summed E-state index contributed by atoms with van der Waals surface area (Å²) in [5.41, 5.74) is 4.14. The van der Waals surface area contributed by atoms with Crippen LogP contribution in [-0.4, -0.2) is 27.5 Å². The van der Waals surface area contributed by atoms with Crippen molar-refractivity contribution in [3.63, 3.8) is 0 Å². The van der Waals surface area contributed by atoms with Gasteiger partial charge in [0.05, 0.1) is 22.1 Å². The summed E-state index contributed by atoms with van der Waals surface area (Å²) in [6.45, 7) is 0. The van der Waals surface area contributed by atoms with E-state index >= 15 is 0 Å². The van der Waals surface area contributed by atoms with E-state index in [4.69, 9.17) is 11.6 Å². The van der Waals surface area contributed by atoms with E-state index in [2.05, 4.69) is 51.8 Å². The van der Waals surface area contributed by atoms with Gasteiger partial charge >= 0.3 is 0 Å². The maximum atomic E-state index is 5.92. The number of fused-ring (bicyclic) bond motifs is 6. The number of nitrogens with zero attached hydrogens (tertiary/aromatic N) is 6. The summed E-state index contributed by atoms with van der Waals surface area (Å²) in [6, 6.07) is 16.0. The van der Waals surface area contributed by atoms with Crippen LogP contribution in [0.15, 0.2) is 48.5 Å². The molecule has 0 aliphatic heterocycles. The number of aromatic nitrogens is 6. The minimum atomic E-state index is 0.480. The standard InChI is InChI=1S/C8H4ClN3S.C8H4IN3S/c2*9-7-11-13-8-10-5-3-1-2-4-6(5)12(7)8/h2*1-4H. The Bertz CT molecular complexity index is 1270. The lowest BCUT2D eigenvalue weighted by Gasteiger charge is -1.88. The van der Waals surface area contributed by atoms with Crippen LogP contribution in [0.25, 0.3) is 32.0 Å². The number of hydrogen-bond donors (Lipinski definition) is 0. The van der Waals surface area contributed by atoms with E-state index in [9.17, 15) is 0 Å². The van der Waals surface area contributed by atoms with E-state index in [1.165, 1.54) is 23.1 Å². The van der Waals surface area contributed by atoms with Crippen LogP contribution in [0, 0.1) is 3.83 Å². The van der Waals surface area contributed by atoms with Crippen molar-refractivity contribution in [3.8, 4) is 0 Å². The molecule has 6 aromatic rings. The van der Waals surface area contributed by atoms with Gasteiger partial charge in [0.1, 0.15) is 0 Å². The molecule has 0 aliphatic carbocycles. The lowest BCUT2D eigenvalue weighted by Crippen LogP contribution is -1.83. The van der Waals surface area contributed by atoms with Gasteiger partial charge in [-0.2, -0.15) is 8.75 Å². The first-order valence-electron chi connectivity index (χ1n) is 7.49. The number of hydrogen-bond acceptors (Lipinski definition) is 6. The molecule has 6 rings (SSSR count). The highest BCUT2D eigenvalue weighted by atomic mass is 127. The van der Waals surface area contributed by atoms with Crippen LogP contribution >= 0.6 is 57.3 Å². The van der Waals surface area contributed by atoms with Gasteiger partial charge in [-0.15, -0.1) is 0 Å². The molecule has 6 nitrogen and oxygen atoms in total. The molecule has 0 unspecified atom stereocenters. The normalized spacial score (nSPS) is 11.5.